The van der Waals surface area contributed by atoms with Crippen LogP contribution in [0.1, 0.15) is 28.0 Å². The predicted octanol–water partition coefficient (Wildman–Crippen LogP) is 2.82. The van der Waals surface area contributed by atoms with Gasteiger partial charge in [0.25, 0.3) is 12.3 Å². The molecule has 0 saturated carbocycles. The molecule has 4 aromatic rings. The van der Waals surface area contributed by atoms with Crippen molar-refractivity contribution in [3.05, 3.63) is 65.7 Å². The van der Waals surface area contributed by atoms with E-state index in [0.717, 1.165) is 37.6 Å². The molecule has 1 aromatic carbocycles. The van der Waals surface area contributed by atoms with Crippen molar-refractivity contribution < 1.29 is 13.6 Å². The summed E-state index contributed by atoms with van der Waals surface area (Å²) in [4.78, 5) is 19.8. The van der Waals surface area contributed by atoms with E-state index in [1.165, 1.54) is 21.6 Å². The van der Waals surface area contributed by atoms with Gasteiger partial charge in [0, 0.05) is 32.4 Å². The number of hydrogen-bond acceptors (Lipinski definition) is 6. The zero-order chi connectivity index (χ0) is 22.9. The number of amides is 1. The number of carbonyl (C=O) groups is 1. The lowest BCUT2D eigenvalue weighted by molar-refractivity contribution is 0.102. The molecule has 0 aliphatic carbocycles. The Hall–Kier alpha value is -3.86. The number of benzene rings is 1. The number of anilines is 2. The van der Waals surface area contributed by atoms with Crippen molar-refractivity contribution in [3.8, 4) is 5.69 Å². The lowest BCUT2D eigenvalue weighted by Gasteiger charge is -2.28. The number of fused-ring (bicyclic) bond motifs is 1. The average Bonchev–Trinajstić information content (AvgIpc) is 3.44. The van der Waals surface area contributed by atoms with Gasteiger partial charge in [0.05, 0.1) is 23.8 Å². The van der Waals surface area contributed by atoms with E-state index in [4.69, 9.17) is 0 Å². The highest BCUT2D eigenvalue weighted by atomic mass is 19.3. The number of aryl methyl sites for hydroxylation is 1. The molecule has 0 spiro atoms. The fourth-order valence-electron chi connectivity index (χ4n) is 3.75. The summed E-state index contributed by atoms with van der Waals surface area (Å²) in [5.74, 6) is 0.152. The normalized spacial score (nSPS) is 14.2. The standard InChI is InChI=1S/C22H22F2N8O/c1-14-2-4-15(5-3-14)32-13-17(19(29-32)20(23)24)27-22(33)16-12-26-31-9-6-18(28-21(16)31)30-10-7-25-8-11-30/h2-6,9,12-13,20,25H,7-8,10-11H2,1H3,(H,27,33). The monoisotopic (exact) mass is 452 g/mol. The first kappa shape index (κ1) is 21.0. The third-order valence-corrected chi connectivity index (χ3v) is 5.54. The zero-order valence-electron chi connectivity index (χ0n) is 17.9. The van der Waals surface area contributed by atoms with Gasteiger partial charge in [0.1, 0.15) is 11.4 Å². The molecule has 1 saturated heterocycles. The molecule has 0 atom stereocenters. The third kappa shape index (κ3) is 4.14. The van der Waals surface area contributed by atoms with E-state index in [1.807, 2.05) is 25.1 Å². The van der Waals surface area contributed by atoms with E-state index >= 15 is 0 Å². The smallest absolute Gasteiger partial charge is 0.284 e. The van der Waals surface area contributed by atoms with E-state index < -0.39 is 18.0 Å². The van der Waals surface area contributed by atoms with Crippen molar-refractivity contribution >= 4 is 23.1 Å². The number of hydrogen-bond donors (Lipinski definition) is 2. The predicted molar refractivity (Wildman–Crippen MR) is 119 cm³/mol. The van der Waals surface area contributed by atoms with E-state index in [9.17, 15) is 13.6 Å². The second kappa shape index (κ2) is 8.58. The van der Waals surface area contributed by atoms with Gasteiger partial charge in [-0.15, -0.1) is 0 Å². The summed E-state index contributed by atoms with van der Waals surface area (Å²) in [7, 11) is 0. The lowest BCUT2D eigenvalue weighted by atomic mass is 10.2. The topological polar surface area (TPSA) is 92.4 Å². The molecule has 0 unspecified atom stereocenters. The first-order valence-corrected chi connectivity index (χ1v) is 10.6. The number of aromatic nitrogens is 5. The molecule has 1 fully saturated rings. The van der Waals surface area contributed by atoms with Crippen LogP contribution in [-0.2, 0) is 0 Å². The number of rotatable bonds is 5. The van der Waals surface area contributed by atoms with Gasteiger partial charge >= 0.3 is 0 Å². The molecule has 1 amide bonds. The number of nitrogens with zero attached hydrogens (tertiary/aromatic N) is 6. The first-order chi connectivity index (χ1) is 16.0. The van der Waals surface area contributed by atoms with Crippen LogP contribution >= 0.6 is 0 Å². The summed E-state index contributed by atoms with van der Waals surface area (Å²) in [6, 6.07) is 9.11. The Morgan fingerprint density at radius 2 is 1.91 bits per heavy atom. The molecule has 1 aliphatic heterocycles. The highest BCUT2D eigenvalue weighted by Crippen LogP contribution is 2.28. The fourth-order valence-corrected chi connectivity index (χ4v) is 3.75. The van der Waals surface area contributed by atoms with Crippen molar-refractivity contribution in [1.82, 2.24) is 29.7 Å². The highest BCUT2D eigenvalue weighted by Gasteiger charge is 2.23. The van der Waals surface area contributed by atoms with E-state index in [1.54, 1.807) is 18.3 Å². The summed E-state index contributed by atoms with van der Waals surface area (Å²) in [6.45, 7) is 5.23. The largest absolute Gasteiger partial charge is 0.354 e. The molecule has 11 heteroatoms. The maximum Gasteiger partial charge on any atom is 0.284 e. The van der Waals surface area contributed by atoms with Crippen molar-refractivity contribution in [1.29, 1.82) is 0 Å². The summed E-state index contributed by atoms with van der Waals surface area (Å²) >= 11 is 0. The highest BCUT2D eigenvalue weighted by molar-refractivity contribution is 6.08. The maximum atomic E-state index is 13.7. The molecule has 1 aliphatic rings. The SMILES string of the molecule is Cc1ccc(-n2cc(NC(=O)c3cnn4ccc(N5CCNCC5)nc34)c(C(F)F)n2)cc1. The second-order valence-corrected chi connectivity index (χ2v) is 7.81. The molecule has 2 N–H and O–H groups in total. The number of nitrogens with one attached hydrogen (secondary N) is 2. The van der Waals surface area contributed by atoms with Crippen LogP contribution in [0.4, 0.5) is 20.3 Å². The minimum Gasteiger partial charge on any atom is -0.354 e. The summed E-state index contributed by atoms with van der Waals surface area (Å²) in [6.07, 6.45) is 1.64. The van der Waals surface area contributed by atoms with E-state index in [2.05, 4.69) is 30.7 Å². The van der Waals surface area contributed by atoms with Gasteiger partial charge < -0.3 is 15.5 Å². The Labute approximate surface area is 188 Å². The number of halogens is 2. The van der Waals surface area contributed by atoms with Crippen LogP contribution in [0.15, 0.2) is 48.9 Å². The van der Waals surface area contributed by atoms with Crippen LogP contribution in [0.2, 0.25) is 0 Å². The quantitative estimate of drug-likeness (QED) is 0.484. The van der Waals surface area contributed by atoms with Gasteiger partial charge in [0.2, 0.25) is 0 Å². The molecule has 170 valence electrons. The van der Waals surface area contributed by atoms with E-state index in [-0.39, 0.29) is 11.3 Å². The average molecular weight is 452 g/mol. The molecule has 3 aromatic heterocycles. The van der Waals surface area contributed by atoms with Gasteiger partial charge in [-0.2, -0.15) is 10.2 Å². The van der Waals surface area contributed by atoms with Crippen molar-refractivity contribution in [2.24, 2.45) is 0 Å². The fraction of sp³-hybridized carbons (Fsp3) is 0.273. The van der Waals surface area contributed by atoms with Gasteiger partial charge in [0.15, 0.2) is 11.3 Å². The Bertz CT molecular complexity index is 1290. The molecular formula is C22H22F2N8O. The zero-order valence-corrected chi connectivity index (χ0v) is 17.9. The van der Waals surface area contributed by atoms with Crippen molar-refractivity contribution in [3.63, 3.8) is 0 Å². The minimum absolute atomic E-state index is 0.0619. The molecule has 4 heterocycles. The molecule has 9 nitrogen and oxygen atoms in total. The number of carbonyl (C=O) groups excluding carboxylic acids is 1. The van der Waals surface area contributed by atoms with Crippen LogP contribution in [0.25, 0.3) is 11.3 Å². The second-order valence-electron chi connectivity index (χ2n) is 7.81. The molecule has 0 bridgehead atoms. The minimum atomic E-state index is -2.85. The summed E-state index contributed by atoms with van der Waals surface area (Å²) in [5, 5.41) is 14.0. The Balaban J connectivity index is 1.45. The Kier molecular flexibility index (Phi) is 5.47. The van der Waals surface area contributed by atoms with Crippen LogP contribution in [0, 0.1) is 6.92 Å². The van der Waals surface area contributed by atoms with Gasteiger partial charge in [-0.1, -0.05) is 17.7 Å². The van der Waals surface area contributed by atoms with Crippen molar-refractivity contribution in [2.75, 3.05) is 36.4 Å². The first-order valence-electron chi connectivity index (χ1n) is 10.6. The van der Waals surface area contributed by atoms with Gasteiger partial charge in [-0.3, -0.25) is 4.79 Å². The Morgan fingerprint density at radius 3 is 2.64 bits per heavy atom. The van der Waals surface area contributed by atoms with E-state index in [0.29, 0.717) is 11.3 Å². The third-order valence-electron chi connectivity index (χ3n) is 5.54. The summed E-state index contributed by atoms with van der Waals surface area (Å²) < 4.78 is 30.1. The summed E-state index contributed by atoms with van der Waals surface area (Å²) in [5.41, 5.74) is 1.63. The number of alkyl halides is 2. The van der Waals surface area contributed by atoms with Crippen LogP contribution in [0.5, 0.6) is 0 Å². The van der Waals surface area contributed by atoms with Crippen LogP contribution < -0.4 is 15.5 Å². The molecule has 5 rings (SSSR count). The molecule has 33 heavy (non-hydrogen) atoms. The van der Waals surface area contributed by atoms with Gasteiger partial charge in [-0.25, -0.2) is 23.0 Å². The molecular weight excluding hydrogens is 430 g/mol. The number of piperazine rings is 1. The Morgan fingerprint density at radius 1 is 1.15 bits per heavy atom. The van der Waals surface area contributed by atoms with Gasteiger partial charge in [-0.05, 0) is 25.1 Å². The lowest BCUT2D eigenvalue weighted by Crippen LogP contribution is -2.43. The van der Waals surface area contributed by atoms with Crippen LogP contribution in [-0.4, -0.2) is 56.5 Å². The van der Waals surface area contributed by atoms with Crippen molar-refractivity contribution in [2.45, 2.75) is 13.3 Å². The maximum absolute atomic E-state index is 13.7. The molecule has 0 radical (unpaired) electrons. The van der Waals surface area contributed by atoms with Crippen LogP contribution in [0.3, 0.4) is 0 Å².